The first-order valence-electron chi connectivity index (χ1n) is 10.4. The third-order valence-corrected chi connectivity index (χ3v) is 6.47. The van der Waals surface area contributed by atoms with Crippen LogP contribution in [0.1, 0.15) is 55.1 Å². The lowest BCUT2D eigenvalue weighted by Gasteiger charge is -2.36. The minimum Gasteiger partial charge on any atom is -0.348 e. The summed E-state index contributed by atoms with van der Waals surface area (Å²) in [4.78, 5) is 30.1. The molecule has 1 aliphatic carbocycles. The Morgan fingerprint density at radius 3 is 2.68 bits per heavy atom. The van der Waals surface area contributed by atoms with Crippen molar-refractivity contribution < 1.29 is 14.0 Å². The highest BCUT2D eigenvalue weighted by Crippen LogP contribution is 2.46. The highest BCUT2D eigenvalue weighted by molar-refractivity contribution is 6.34. The average molecular weight is 443 g/mol. The average Bonchev–Trinajstić information content (AvgIpc) is 3.01. The van der Waals surface area contributed by atoms with Crippen molar-refractivity contribution in [3.8, 4) is 0 Å². The molecule has 162 valence electrons. The molecule has 8 heteroatoms. The molecular weight excluding hydrogens is 419 g/mol. The highest BCUT2D eigenvalue weighted by atomic mass is 35.5. The molecule has 2 heterocycles. The topological polar surface area (TPSA) is 74.7 Å². The summed E-state index contributed by atoms with van der Waals surface area (Å²) in [7, 11) is 0. The van der Waals surface area contributed by atoms with Gasteiger partial charge in [-0.3, -0.25) is 14.6 Å². The summed E-state index contributed by atoms with van der Waals surface area (Å²) in [5.74, 6) is -0.802. The molecule has 1 fully saturated rings. The van der Waals surface area contributed by atoms with Crippen LogP contribution >= 0.6 is 11.6 Å². The Morgan fingerprint density at radius 2 is 2.03 bits per heavy atom. The molecule has 31 heavy (non-hydrogen) atoms. The van der Waals surface area contributed by atoms with Crippen LogP contribution in [0, 0.1) is 18.2 Å². The second-order valence-corrected chi connectivity index (χ2v) is 8.57. The molecule has 1 aliphatic heterocycles. The third-order valence-electron chi connectivity index (χ3n) is 6.17. The molecular formula is C23H24ClFN4O2. The summed E-state index contributed by atoms with van der Waals surface area (Å²) in [5.41, 5.74) is 1.86. The van der Waals surface area contributed by atoms with E-state index in [0.717, 1.165) is 11.3 Å². The van der Waals surface area contributed by atoms with Crippen LogP contribution in [0.3, 0.4) is 0 Å². The number of benzene rings is 1. The number of nitrogens with zero attached hydrogens (tertiary/aromatic N) is 3. The van der Waals surface area contributed by atoms with Crippen molar-refractivity contribution in [2.45, 2.75) is 52.0 Å². The predicted octanol–water partition coefficient (Wildman–Crippen LogP) is 4.65. The first kappa shape index (κ1) is 21.4. The maximum absolute atomic E-state index is 13.5. The van der Waals surface area contributed by atoms with E-state index in [1.54, 1.807) is 12.3 Å². The standard InChI is InChI=1S/C23H24ClFN4O2/c1-3-20-23(22(31)29(28-20)19-5-4-15(25)13-17(19)24)9-6-16(7-10-23)27-21(30)18-12-14(2)8-11-26-18/h4-5,8,11-13,16H,3,6-7,9-10H2,1-2H3,(H,27,30)/t16-,23-. The van der Waals surface area contributed by atoms with Gasteiger partial charge in [0.25, 0.3) is 11.8 Å². The van der Waals surface area contributed by atoms with Gasteiger partial charge < -0.3 is 5.32 Å². The Morgan fingerprint density at radius 1 is 1.29 bits per heavy atom. The molecule has 2 amide bonds. The Kier molecular flexibility index (Phi) is 5.79. The summed E-state index contributed by atoms with van der Waals surface area (Å²) >= 11 is 6.19. The Balaban J connectivity index is 1.48. The van der Waals surface area contributed by atoms with Crippen molar-refractivity contribution in [3.05, 3.63) is 58.6 Å². The number of hydrogen-bond donors (Lipinski definition) is 1. The van der Waals surface area contributed by atoms with Gasteiger partial charge in [0.15, 0.2) is 0 Å². The number of carbonyl (C=O) groups excluding carboxylic acids is 2. The zero-order chi connectivity index (χ0) is 22.2. The molecule has 0 saturated heterocycles. The lowest BCUT2D eigenvalue weighted by molar-refractivity contribution is -0.125. The number of pyridine rings is 1. The lowest BCUT2D eigenvalue weighted by Crippen LogP contribution is -2.47. The zero-order valence-corrected chi connectivity index (χ0v) is 18.2. The van der Waals surface area contributed by atoms with E-state index in [0.29, 0.717) is 43.5 Å². The normalized spacial score (nSPS) is 23.2. The monoisotopic (exact) mass is 442 g/mol. The molecule has 4 rings (SSSR count). The smallest absolute Gasteiger partial charge is 0.270 e. The van der Waals surface area contributed by atoms with Crippen LogP contribution in [0.15, 0.2) is 41.6 Å². The van der Waals surface area contributed by atoms with Crippen LogP contribution in [0.25, 0.3) is 0 Å². The van der Waals surface area contributed by atoms with E-state index in [1.807, 2.05) is 19.9 Å². The van der Waals surface area contributed by atoms with Gasteiger partial charge in [0.2, 0.25) is 0 Å². The van der Waals surface area contributed by atoms with E-state index in [2.05, 4.69) is 15.4 Å². The van der Waals surface area contributed by atoms with Crippen molar-refractivity contribution in [1.82, 2.24) is 10.3 Å². The highest BCUT2D eigenvalue weighted by Gasteiger charge is 2.52. The van der Waals surface area contributed by atoms with Crippen LogP contribution in [-0.4, -0.2) is 28.6 Å². The molecule has 2 aliphatic rings. The summed E-state index contributed by atoms with van der Waals surface area (Å²) in [5, 5.41) is 9.08. The lowest BCUT2D eigenvalue weighted by atomic mass is 9.68. The SMILES string of the molecule is CCC1=NN(c2ccc(F)cc2Cl)C(=O)[C@]12CC[C@H](NC(=O)c1cc(C)ccn1)CC2. The quantitative estimate of drug-likeness (QED) is 0.748. The van der Waals surface area contributed by atoms with Crippen LogP contribution in [-0.2, 0) is 4.79 Å². The number of amides is 2. The van der Waals surface area contributed by atoms with Gasteiger partial charge in [-0.25, -0.2) is 4.39 Å². The Hall–Kier alpha value is -2.80. The third kappa shape index (κ3) is 3.94. The minimum absolute atomic E-state index is 0.0326. The van der Waals surface area contributed by atoms with Crippen LogP contribution in [0.2, 0.25) is 5.02 Å². The van der Waals surface area contributed by atoms with Crippen LogP contribution < -0.4 is 10.3 Å². The summed E-state index contributed by atoms with van der Waals surface area (Å²) in [6.45, 7) is 3.89. The number of halogens is 2. The number of carbonyl (C=O) groups is 2. The predicted molar refractivity (Wildman–Crippen MR) is 118 cm³/mol. The van der Waals surface area contributed by atoms with Gasteiger partial charge in [0, 0.05) is 12.2 Å². The first-order chi connectivity index (χ1) is 14.8. The van der Waals surface area contributed by atoms with Crippen molar-refractivity contribution >= 4 is 34.8 Å². The van der Waals surface area contributed by atoms with Crippen LogP contribution in [0.4, 0.5) is 10.1 Å². The molecule has 1 spiro atoms. The second-order valence-electron chi connectivity index (χ2n) is 8.16. The fourth-order valence-electron chi connectivity index (χ4n) is 4.49. The van der Waals surface area contributed by atoms with E-state index in [1.165, 1.54) is 23.2 Å². The van der Waals surface area contributed by atoms with E-state index in [9.17, 15) is 14.0 Å². The van der Waals surface area contributed by atoms with E-state index >= 15 is 0 Å². The zero-order valence-electron chi connectivity index (χ0n) is 17.5. The number of rotatable bonds is 4. The van der Waals surface area contributed by atoms with Gasteiger partial charge in [-0.2, -0.15) is 10.1 Å². The second kappa shape index (κ2) is 8.38. The van der Waals surface area contributed by atoms with E-state index in [4.69, 9.17) is 11.6 Å². The molecule has 1 N–H and O–H groups in total. The first-order valence-corrected chi connectivity index (χ1v) is 10.8. The summed E-state index contributed by atoms with van der Waals surface area (Å²) in [6.07, 6.45) is 4.74. The van der Waals surface area contributed by atoms with Gasteiger partial charge in [-0.05, 0) is 74.9 Å². The number of aryl methyl sites for hydroxylation is 1. The summed E-state index contributed by atoms with van der Waals surface area (Å²) in [6, 6.07) is 7.50. The Labute approximate surface area is 185 Å². The molecule has 0 bridgehead atoms. The molecule has 0 radical (unpaired) electrons. The van der Waals surface area contributed by atoms with E-state index in [-0.39, 0.29) is 22.9 Å². The maximum Gasteiger partial charge on any atom is 0.270 e. The van der Waals surface area contributed by atoms with Gasteiger partial charge >= 0.3 is 0 Å². The van der Waals surface area contributed by atoms with E-state index < -0.39 is 11.2 Å². The van der Waals surface area contributed by atoms with Crippen molar-refractivity contribution in [1.29, 1.82) is 0 Å². The molecule has 1 saturated carbocycles. The van der Waals surface area contributed by atoms with Crippen molar-refractivity contribution in [3.63, 3.8) is 0 Å². The molecule has 0 atom stereocenters. The molecule has 1 aromatic carbocycles. The molecule has 6 nitrogen and oxygen atoms in total. The largest absolute Gasteiger partial charge is 0.348 e. The van der Waals surface area contributed by atoms with Crippen LogP contribution in [0.5, 0.6) is 0 Å². The number of aromatic nitrogens is 1. The van der Waals surface area contributed by atoms with Gasteiger partial charge in [-0.15, -0.1) is 0 Å². The molecule has 0 unspecified atom stereocenters. The minimum atomic E-state index is -0.699. The molecule has 1 aromatic heterocycles. The Bertz CT molecular complexity index is 1060. The number of anilines is 1. The van der Waals surface area contributed by atoms with Gasteiger partial charge in [0.1, 0.15) is 11.5 Å². The number of hydrogen-bond acceptors (Lipinski definition) is 4. The fourth-order valence-corrected chi connectivity index (χ4v) is 4.74. The van der Waals surface area contributed by atoms with Crippen molar-refractivity contribution in [2.24, 2.45) is 10.5 Å². The maximum atomic E-state index is 13.5. The number of hydrazone groups is 1. The fraction of sp³-hybridized carbons (Fsp3) is 0.391. The van der Waals surface area contributed by atoms with Gasteiger partial charge in [-0.1, -0.05) is 18.5 Å². The van der Waals surface area contributed by atoms with Gasteiger partial charge in [0.05, 0.1) is 21.8 Å². The molecule has 2 aromatic rings. The summed E-state index contributed by atoms with van der Waals surface area (Å²) < 4.78 is 13.5. The van der Waals surface area contributed by atoms with Crippen molar-refractivity contribution in [2.75, 3.05) is 5.01 Å². The number of nitrogens with one attached hydrogen (secondary N) is 1.